The Hall–Kier alpha value is -2.60. The monoisotopic (exact) mass is 313 g/mol. The molecule has 2 aromatic carbocycles. The minimum Gasteiger partial charge on any atom is -0.490 e. The largest absolute Gasteiger partial charge is 0.490 e. The van der Waals surface area contributed by atoms with Gasteiger partial charge in [0.15, 0.2) is 5.75 Å². The first kappa shape index (κ1) is 15.3. The lowest BCUT2D eigenvalue weighted by Gasteiger charge is -2.27. The van der Waals surface area contributed by atoms with Crippen molar-refractivity contribution in [3.63, 3.8) is 0 Å². The van der Waals surface area contributed by atoms with Crippen molar-refractivity contribution in [2.24, 2.45) is 0 Å². The number of hydrogen-bond donors (Lipinski definition) is 2. The van der Waals surface area contributed by atoms with Gasteiger partial charge in [0.1, 0.15) is 0 Å². The highest BCUT2D eigenvalue weighted by Gasteiger charge is 2.19. The molecular formula is C17H19N3O3. The van der Waals surface area contributed by atoms with Gasteiger partial charge in [-0.1, -0.05) is 24.3 Å². The molecule has 6 nitrogen and oxygen atoms in total. The molecule has 0 spiro atoms. The third-order valence-electron chi connectivity index (χ3n) is 4.10. The minimum absolute atomic E-state index is 0.0285. The van der Waals surface area contributed by atoms with Crippen LogP contribution in [0.25, 0.3) is 0 Å². The van der Waals surface area contributed by atoms with Crippen molar-refractivity contribution in [2.45, 2.75) is 12.5 Å². The number of nitrogens with one attached hydrogen (secondary N) is 2. The molecule has 0 saturated heterocycles. The molecule has 23 heavy (non-hydrogen) atoms. The maximum absolute atomic E-state index is 10.9. The maximum atomic E-state index is 10.9. The average molecular weight is 313 g/mol. The third-order valence-corrected chi connectivity index (χ3v) is 4.10. The average Bonchev–Trinajstić information content (AvgIpc) is 2.59. The molecule has 0 radical (unpaired) electrons. The number of ether oxygens (including phenoxy) is 1. The van der Waals surface area contributed by atoms with E-state index in [9.17, 15) is 10.1 Å². The molecule has 0 amide bonds. The van der Waals surface area contributed by atoms with E-state index in [-0.39, 0.29) is 17.5 Å². The third kappa shape index (κ3) is 3.27. The first-order valence-electron chi connectivity index (χ1n) is 7.56. The highest BCUT2D eigenvalue weighted by atomic mass is 16.6. The molecule has 0 aliphatic carbocycles. The SMILES string of the molecule is COc1cc(NCC2NCCc3ccccc32)ccc1[N+](=O)[O-]. The van der Waals surface area contributed by atoms with Gasteiger partial charge in [0.05, 0.1) is 12.0 Å². The van der Waals surface area contributed by atoms with Gasteiger partial charge in [-0.05, 0) is 30.2 Å². The Morgan fingerprint density at radius 3 is 2.96 bits per heavy atom. The van der Waals surface area contributed by atoms with Crippen LogP contribution in [-0.2, 0) is 6.42 Å². The molecule has 0 fully saturated rings. The van der Waals surface area contributed by atoms with E-state index in [4.69, 9.17) is 4.74 Å². The summed E-state index contributed by atoms with van der Waals surface area (Å²) >= 11 is 0. The summed E-state index contributed by atoms with van der Waals surface area (Å²) in [6, 6.07) is 13.5. The van der Waals surface area contributed by atoms with Gasteiger partial charge >= 0.3 is 5.69 Å². The summed E-state index contributed by atoms with van der Waals surface area (Å²) in [5.41, 5.74) is 3.45. The van der Waals surface area contributed by atoms with Crippen LogP contribution in [0.1, 0.15) is 17.2 Å². The Balaban J connectivity index is 1.73. The molecule has 0 saturated carbocycles. The van der Waals surface area contributed by atoms with Gasteiger partial charge in [0.25, 0.3) is 0 Å². The van der Waals surface area contributed by atoms with Gasteiger partial charge < -0.3 is 15.4 Å². The molecule has 1 unspecified atom stereocenters. The predicted octanol–water partition coefficient (Wildman–Crippen LogP) is 2.90. The number of nitro benzene ring substituents is 1. The molecule has 0 aromatic heterocycles. The Kier molecular flexibility index (Phi) is 4.43. The molecule has 3 rings (SSSR count). The number of nitrogens with zero attached hydrogens (tertiary/aromatic N) is 1. The van der Waals surface area contributed by atoms with Crippen molar-refractivity contribution in [1.29, 1.82) is 0 Å². The first-order chi connectivity index (χ1) is 11.2. The Morgan fingerprint density at radius 1 is 1.35 bits per heavy atom. The summed E-state index contributed by atoms with van der Waals surface area (Å²) in [6.07, 6.45) is 1.04. The lowest BCUT2D eigenvalue weighted by atomic mass is 9.94. The summed E-state index contributed by atoms with van der Waals surface area (Å²) in [7, 11) is 1.44. The van der Waals surface area contributed by atoms with Crippen molar-refractivity contribution in [2.75, 3.05) is 25.5 Å². The van der Waals surface area contributed by atoms with E-state index in [0.717, 1.165) is 18.7 Å². The van der Waals surface area contributed by atoms with Crippen LogP contribution in [0.2, 0.25) is 0 Å². The molecule has 1 aliphatic rings. The van der Waals surface area contributed by atoms with Crippen molar-refractivity contribution >= 4 is 11.4 Å². The molecule has 1 aliphatic heterocycles. The fourth-order valence-electron chi connectivity index (χ4n) is 2.93. The zero-order chi connectivity index (χ0) is 16.2. The normalized spacial score (nSPS) is 16.5. The van der Waals surface area contributed by atoms with Crippen LogP contribution in [0.15, 0.2) is 42.5 Å². The first-order valence-corrected chi connectivity index (χ1v) is 7.56. The fourth-order valence-corrected chi connectivity index (χ4v) is 2.93. The maximum Gasteiger partial charge on any atom is 0.311 e. The van der Waals surface area contributed by atoms with Crippen molar-refractivity contribution < 1.29 is 9.66 Å². The summed E-state index contributed by atoms with van der Waals surface area (Å²) in [6.45, 7) is 1.66. The number of rotatable bonds is 5. The Labute approximate surface area is 134 Å². The molecule has 120 valence electrons. The second-order valence-electron chi connectivity index (χ2n) is 5.48. The van der Waals surface area contributed by atoms with Crippen LogP contribution in [-0.4, -0.2) is 25.1 Å². The molecule has 2 N–H and O–H groups in total. The fraction of sp³-hybridized carbons (Fsp3) is 0.294. The van der Waals surface area contributed by atoms with Crippen LogP contribution >= 0.6 is 0 Å². The van der Waals surface area contributed by atoms with Crippen LogP contribution in [0.5, 0.6) is 5.75 Å². The molecule has 1 heterocycles. The van der Waals surface area contributed by atoms with E-state index in [2.05, 4.69) is 28.8 Å². The van der Waals surface area contributed by atoms with E-state index >= 15 is 0 Å². The summed E-state index contributed by atoms with van der Waals surface area (Å²) in [5.74, 6) is 0.261. The lowest BCUT2D eigenvalue weighted by Crippen LogP contribution is -2.34. The van der Waals surface area contributed by atoms with Crippen molar-refractivity contribution in [1.82, 2.24) is 5.32 Å². The number of nitro groups is 1. The van der Waals surface area contributed by atoms with Crippen LogP contribution in [0.3, 0.4) is 0 Å². The second-order valence-corrected chi connectivity index (χ2v) is 5.48. The van der Waals surface area contributed by atoms with Crippen molar-refractivity contribution in [3.8, 4) is 5.75 Å². The van der Waals surface area contributed by atoms with Gasteiger partial charge in [-0.15, -0.1) is 0 Å². The topological polar surface area (TPSA) is 76.4 Å². The van der Waals surface area contributed by atoms with Crippen LogP contribution in [0, 0.1) is 10.1 Å². The van der Waals surface area contributed by atoms with E-state index in [1.165, 1.54) is 24.3 Å². The Bertz CT molecular complexity index is 718. The number of methoxy groups -OCH3 is 1. The molecule has 2 aromatic rings. The van der Waals surface area contributed by atoms with E-state index in [1.54, 1.807) is 12.1 Å². The number of benzene rings is 2. The summed E-state index contributed by atoms with van der Waals surface area (Å²) < 4.78 is 5.10. The van der Waals surface area contributed by atoms with Gasteiger partial charge in [0.2, 0.25) is 0 Å². The molecular weight excluding hydrogens is 294 g/mol. The highest BCUT2D eigenvalue weighted by molar-refractivity contribution is 5.58. The van der Waals surface area contributed by atoms with Crippen molar-refractivity contribution in [3.05, 3.63) is 63.7 Å². The van der Waals surface area contributed by atoms with Gasteiger partial charge in [-0.2, -0.15) is 0 Å². The second kappa shape index (κ2) is 6.66. The zero-order valence-electron chi connectivity index (χ0n) is 12.9. The van der Waals surface area contributed by atoms with Gasteiger partial charge in [-0.3, -0.25) is 10.1 Å². The number of anilines is 1. The smallest absolute Gasteiger partial charge is 0.311 e. The summed E-state index contributed by atoms with van der Waals surface area (Å²) in [4.78, 5) is 10.5. The minimum atomic E-state index is -0.443. The molecule has 1 atom stereocenters. The molecule has 6 heteroatoms. The van der Waals surface area contributed by atoms with Gasteiger partial charge in [0, 0.05) is 30.4 Å². The van der Waals surface area contributed by atoms with E-state index in [1.807, 2.05) is 6.07 Å². The number of fused-ring (bicyclic) bond motifs is 1. The zero-order valence-corrected chi connectivity index (χ0v) is 12.9. The van der Waals surface area contributed by atoms with Crippen LogP contribution < -0.4 is 15.4 Å². The standard InChI is InChI=1S/C17H19N3O3/c1-23-17-10-13(6-7-16(17)20(21)22)19-11-15-14-5-3-2-4-12(14)8-9-18-15/h2-7,10,15,18-19H,8-9,11H2,1H3. The van der Waals surface area contributed by atoms with Gasteiger partial charge in [-0.25, -0.2) is 0 Å². The van der Waals surface area contributed by atoms with E-state index < -0.39 is 4.92 Å². The number of hydrogen-bond acceptors (Lipinski definition) is 5. The lowest BCUT2D eigenvalue weighted by molar-refractivity contribution is -0.385. The van der Waals surface area contributed by atoms with Crippen LogP contribution in [0.4, 0.5) is 11.4 Å². The summed E-state index contributed by atoms with van der Waals surface area (Å²) in [5, 5.41) is 17.8. The predicted molar refractivity (Wildman–Crippen MR) is 89.0 cm³/mol. The highest BCUT2D eigenvalue weighted by Crippen LogP contribution is 2.30. The Morgan fingerprint density at radius 2 is 2.17 bits per heavy atom. The van der Waals surface area contributed by atoms with E-state index in [0.29, 0.717) is 6.54 Å². The molecule has 0 bridgehead atoms. The quantitative estimate of drug-likeness (QED) is 0.655.